The van der Waals surface area contributed by atoms with E-state index in [4.69, 9.17) is 14.5 Å². The number of hydrogen-bond donors (Lipinski definition) is 0. The number of aromatic nitrogens is 4. The topological polar surface area (TPSA) is 98.0 Å². The molecule has 6 rings (SSSR count). The molecule has 1 aromatic carbocycles. The van der Waals surface area contributed by atoms with Gasteiger partial charge in [0.05, 0.1) is 30.5 Å². The lowest BCUT2D eigenvalue weighted by molar-refractivity contribution is 0.0174. The van der Waals surface area contributed by atoms with Crippen molar-refractivity contribution < 1.29 is 18.7 Å². The maximum Gasteiger partial charge on any atom is 0.411 e. The largest absolute Gasteiger partial charge is 0.427 e. The van der Waals surface area contributed by atoms with Gasteiger partial charge in [-0.2, -0.15) is 0 Å². The van der Waals surface area contributed by atoms with Gasteiger partial charge in [0.25, 0.3) is 5.56 Å². The third-order valence-corrected chi connectivity index (χ3v) is 8.22. The first-order valence-electron chi connectivity index (χ1n) is 14.5. The van der Waals surface area contributed by atoms with E-state index in [1.165, 1.54) is 29.0 Å². The average Bonchev–Trinajstić information content (AvgIpc) is 3.39. The van der Waals surface area contributed by atoms with Gasteiger partial charge in [0.15, 0.2) is 6.73 Å². The Morgan fingerprint density at radius 2 is 1.79 bits per heavy atom. The third-order valence-electron chi connectivity index (χ3n) is 8.22. The van der Waals surface area contributed by atoms with E-state index in [1.54, 1.807) is 4.90 Å². The van der Waals surface area contributed by atoms with E-state index in [0.29, 0.717) is 38.8 Å². The number of benzene rings is 1. The lowest BCUT2D eigenvalue weighted by atomic mass is 10.0. The first-order chi connectivity index (χ1) is 20.5. The normalized spacial score (nSPS) is 17.3. The zero-order valence-corrected chi connectivity index (χ0v) is 23.8. The zero-order valence-electron chi connectivity index (χ0n) is 23.8. The molecule has 1 aliphatic carbocycles. The third kappa shape index (κ3) is 5.89. The molecule has 42 heavy (non-hydrogen) atoms. The summed E-state index contributed by atoms with van der Waals surface area (Å²) in [6.07, 6.45) is 9.06. The van der Waals surface area contributed by atoms with Crippen molar-refractivity contribution in [1.29, 1.82) is 0 Å². The molecular weight excluding hydrogens is 541 g/mol. The molecule has 3 aromatic rings. The van der Waals surface area contributed by atoms with E-state index < -0.39 is 6.09 Å². The molecule has 222 valence electrons. The van der Waals surface area contributed by atoms with E-state index in [9.17, 15) is 14.0 Å². The summed E-state index contributed by atoms with van der Waals surface area (Å²) >= 11 is 0. The number of hydrogen-bond acceptors (Lipinski definition) is 8. The van der Waals surface area contributed by atoms with Crippen LogP contribution in [0, 0.1) is 5.82 Å². The maximum absolute atomic E-state index is 13.5. The number of carbonyl (C=O) groups is 1. The van der Waals surface area contributed by atoms with Crippen molar-refractivity contribution in [3.63, 3.8) is 0 Å². The summed E-state index contributed by atoms with van der Waals surface area (Å²) in [5.74, 6) is 1.14. The summed E-state index contributed by atoms with van der Waals surface area (Å²) in [6.45, 7) is 3.84. The molecule has 3 aliphatic rings. The van der Waals surface area contributed by atoms with Crippen LogP contribution in [0.1, 0.15) is 31.2 Å². The second-order valence-corrected chi connectivity index (χ2v) is 10.9. The monoisotopic (exact) mass is 577 g/mol. The second kappa shape index (κ2) is 12.4. The summed E-state index contributed by atoms with van der Waals surface area (Å²) in [5.41, 5.74) is 0.744. The van der Waals surface area contributed by atoms with Crippen LogP contribution >= 0.6 is 0 Å². The predicted molar refractivity (Wildman–Crippen MR) is 156 cm³/mol. The summed E-state index contributed by atoms with van der Waals surface area (Å²) in [4.78, 5) is 40.7. The summed E-state index contributed by atoms with van der Waals surface area (Å²) in [5, 5.41) is 2.12. The molecule has 0 bridgehead atoms. The van der Waals surface area contributed by atoms with Crippen LogP contribution in [0.25, 0.3) is 12.2 Å². The smallest absolute Gasteiger partial charge is 0.411 e. The first-order valence-corrected chi connectivity index (χ1v) is 14.5. The Morgan fingerprint density at radius 3 is 2.55 bits per heavy atom. The van der Waals surface area contributed by atoms with E-state index in [1.807, 2.05) is 24.1 Å². The van der Waals surface area contributed by atoms with Crippen molar-refractivity contribution in [3.05, 3.63) is 69.0 Å². The van der Waals surface area contributed by atoms with Gasteiger partial charge in [-0.1, -0.05) is 24.3 Å². The Labute approximate surface area is 243 Å². The van der Waals surface area contributed by atoms with Gasteiger partial charge < -0.3 is 28.7 Å². The van der Waals surface area contributed by atoms with E-state index in [2.05, 4.69) is 26.6 Å². The molecular formula is C30H36FN7O4. The van der Waals surface area contributed by atoms with Gasteiger partial charge in [-0.05, 0) is 43.4 Å². The van der Waals surface area contributed by atoms with Crippen molar-refractivity contribution in [2.24, 2.45) is 0 Å². The minimum Gasteiger partial charge on any atom is -0.427 e. The first kappa shape index (κ1) is 28.0. The Balaban J connectivity index is 1.16. The molecule has 0 atom stereocenters. The molecule has 1 amide bonds. The minimum absolute atomic E-state index is 0.130. The average molecular weight is 578 g/mol. The van der Waals surface area contributed by atoms with Gasteiger partial charge in [-0.25, -0.2) is 23.7 Å². The van der Waals surface area contributed by atoms with Crippen molar-refractivity contribution in [2.75, 3.05) is 56.2 Å². The molecule has 2 fully saturated rings. The van der Waals surface area contributed by atoms with E-state index >= 15 is 0 Å². The predicted octanol–water partition coefficient (Wildman–Crippen LogP) is 1.51. The highest BCUT2D eigenvalue weighted by atomic mass is 19.1. The Kier molecular flexibility index (Phi) is 8.22. The number of ether oxygens (including phenoxy) is 2. The number of anilines is 2. The molecule has 11 nitrogen and oxygen atoms in total. The number of carbonyl (C=O) groups excluding carboxylic acids is 1. The van der Waals surface area contributed by atoms with E-state index in [-0.39, 0.29) is 24.1 Å². The van der Waals surface area contributed by atoms with Crippen molar-refractivity contribution in [2.45, 2.75) is 45.0 Å². The highest BCUT2D eigenvalue weighted by Crippen LogP contribution is 2.23. The number of piperidine rings is 1. The number of fused-ring (bicyclic) bond motifs is 1. The summed E-state index contributed by atoms with van der Waals surface area (Å²) < 4.78 is 28.0. The molecule has 2 aliphatic heterocycles. The van der Waals surface area contributed by atoms with Crippen LogP contribution in [0.4, 0.5) is 21.1 Å². The van der Waals surface area contributed by atoms with Gasteiger partial charge >= 0.3 is 6.09 Å². The SMILES string of the molecule is CN(c1nccc(=O)n1COC(=O)N1CCOCC1)C1CCN(c2nc3c(n2Cc2ccc(F)cc2)=CCCC=3)CC1. The fraction of sp³-hybridized carbons (Fsp3) is 0.467. The fourth-order valence-corrected chi connectivity index (χ4v) is 5.85. The lowest BCUT2D eigenvalue weighted by Gasteiger charge is -2.38. The summed E-state index contributed by atoms with van der Waals surface area (Å²) in [6, 6.07) is 8.14. The van der Waals surface area contributed by atoms with Crippen LogP contribution in [-0.4, -0.2) is 82.6 Å². The van der Waals surface area contributed by atoms with Crippen LogP contribution < -0.4 is 26.1 Å². The molecule has 0 spiro atoms. The van der Waals surface area contributed by atoms with Crippen LogP contribution in [0.2, 0.25) is 0 Å². The Bertz CT molecular complexity index is 1590. The number of nitrogens with zero attached hydrogens (tertiary/aromatic N) is 7. The van der Waals surface area contributed by atoms with E-state index in [0.717, 1.165) is 61.0 Å². The molecule has 12 heteroatoms. The molecule has 0 unspecified atom stereocenters. The quantitative estimate of drug-likeness (QED) is 0.417. The van der Waals surface area contributed by atoms with Crippen LogP contribution in [-0.2, 0) is 22.7 Å². The number of rotatable bonds is 7. The highest BCUT2D eigenvalue weighted by Gasteiger charge is 2.28. The fourth-order valence-electron chi connectivity index (χ4n) is 5.85. The molecule has 2 aromatic heterocycles. The highest BCUT2D eigenvalue weighted by molar-refractivity contribution is 5.67. The van der Waals surface area contributed by atoms with Crippen molar-refractivity contribution >= 4 is 30.1 Å². The minimum atomic E-state index is -0.468. The van der Waals surface area contributed by atoms with Gasteiger partial charge in [-0.15, -0.1) is 0 Å². The van der Waals surface area contributed by atoms with Crippen molar-refractivity contribution in [3.8, 4) is 0 Å². The lowest BCUT2D eigenvalue weighted by Crippen LogP contribution is -2.46. The number of amides is 1. The number of imidazole rings is 1. The Hall–Kier alpha value is -4.19. The molecule has 0 radical (unpaired) electrons. The van der Waals surface area contributed by atoms with Gasteiger partial charge in [-0.3, -0.25) is 4.79 Å². The Morgan fingerprint density at radius 1 is 1.05 bits per heavy atom. The van der Waals surface area contributed by atoms with Gasteiger partial charge in [0.1, 0.15) is 5.82 Å². The van der Waals surface area contributed by atoms with Gasteiger partial charge in [0.2, 0.25) is 11.9 Å². The van der Waals surface area contributed by atoms with Crippen molar-refractivity contribution in [1.82, 2.24) is 24.0 Å². The van der Waals surface area contributed by atoms with Gasteiger partial charge in [0, 0.05) is 51.5 Å². The van der Waals surface area contributed by atoms with Crippen LogP contribution in [0.3, 0.4) is 0 Å². The summed E-state index contributed by atoms with van der Waals surface area (Å²) in [7, 11) is 1.93. The van der Waals surface area contributed by atoms with Crippen LogP contribution in [0.5, 0.6) is 0 Å². The standard InChI is InChI=1S/C30H36FN7O4/c1-34(28-32-13-10-27(39)38(28)21-42-30(40)36-16-18-41-19-17-36)24-11-14-35(15-12-24)29-33-25-4-2-3-5-26(25)37(29)20-22-6-8-23(31)9-7-22/h4-10,13,24H,2-3,11-12,14-21H2,1H3. The molecule has 0 saturated carbocycles. The molecule has 4 heterocycles. The molecule has 0 N–H and O–H groups in total. The number of halogens is 1. The zero-order chi connectivity index (χ0) is 29.1. The van der Waals surface area contributed by atoms with Crippen LogP contribution in [0.15, 0.2) is 41.3 Å². The second-order valence-electron chi connectivity index (χ2n) is 10.9. The molecule has 2 saturated heterocycles. The maximum atomic E-state index is 13.5. The number of morpholine rings is 1.